The highest BCUT2D eigenvalue weighted by molar-refractivity contribution is 7.19. The molecule has 1 N–H and O–H groups in total. The molecular weight excluding hydrogens is 434 g/mol. The number of hydrogen-bond acceptors (Lipinski definition) is 5. The number of rotatable bonds is 3. The van der Waals surface area contributed by atoms with Gasteiger partial charge in [0.05, 0.1) is 5.39 Å². The van der Waals surface area contributed by atoms with Crippen LogP contribution < -0.4 is 11.0 Å². The first-order valence-electron chi connectivity index (χ1n) is 11.4. The molecule has 0 unspecified atom stereocenters. The van der Waals surface area contributed by atoms with Gasteiger partial charge in [0.15, 0.2) is 5.65 Å². The standard InChI is InChI=1S/C25H29N5O2S/c1-14-6-9-18(15(2)10-14)27-20(31)12-30-24(32)29-13-26-23-21(22(29)28-30)17-8-7-16(25(3,4)5)11-19(17)33-23/h6,9-10,13,16H,7-8,11-12H2,1-5H3,(H,27,31)/t16-/m1/s1. The van der Waals surface area contributed by atoms with Gasteiger partial charge < -0.3 is 5.32 Å². The fourth-order valence-electron chi connectivity index (χ4n) is 4.82. The number of fused-ring (bicyclic) bond motifs is 5. The van der Waals surface area contributed by atoms with Crippen LogP contribution >= 0.6 is 11.3 Å². The van der Waals surface area contributed by atoms with E-state index in [1.807, 2.05) is 32.0 Å². The molecule has 1 amide bonds. The lowest BCUT2D eigenvalue weighted by Gasteiger charge is -2.33. The second-order valence-electron chi connectivity index (χ2n) is 10.2. The number of nitrogens with zero attached hydrogens (tertiary/aromatic N) is 4. The number of aromatic nitrogens is 4. The molecule has 3 heterocycles. The zero-order valence-corrected chi connectivity index (χ0v) is 20.5. The fourth-order valence-corrected chi connectivity index (χ4v) is 6.08. The summed E-state index contributed by atoms with van der Waals surface area (Å²) in [6, 6.07) is 5.84. The Morgan fingerprint density at radius 1 is 1.27 bits per heavy atom. The summed E-state index contributed by atoms with van der Waals surface area (Å²) in [7, 11) is 0. The van der Waals surface area contributed by atoms with Crippen molar-refractivity contribution in [3.05, 3.63) is 56.6 Å². The molecule has 0 saturated heterocycles. The highest BCUT2D eigenvalue weighted by atomic mass is 32.1. The summed E-state index contributed by atoms with van der Waals surface area (Å²) in [5, 5.41) is 8.44. The van der Waals surface area contributed by atoms with Crippen molar-refractivity contribution in [1.29, 1.82) is 0 Å². The minimum absolute atomic E-state index is 0.145. The summed E-state index contributed by atoms with van der Waals surface area (Å²) in [5.74, 6) is 0.347. The van der Waals surface area contributed by atoms with Crippen LogP contribution in [-0.2, 0) is 24.2 Å². The Hall–Kier alpha value is -3.00. The molecule has 1 aliphatic rings. The lowest BCUT2D eigenvalue weighted by atomic mass is 9.72. The van der Waals surface area contributed by atoms with Gasteiger partial charge in [-0.2, -0.15) is 0 Å². The SMILES string of the molecule is Cc1ccc(NC(=O)Cn2nc3c4c5c(sc4ncn3c2=O)C[C@H](C(C)(C)C)CC5)c(C)c1. The van der Waals surface area contributed by atoms with Crippen molar-refractivity contribution < 1.29 is 4.79 Å². The van der Waals surface area contributed by atoms with Gasteiger partial charge in [0.1, 0.15) is 17.7 Å². The van der Waals surface area contributed by atoms with E-state index in [-0.39, 0.29) is 23.6 Å². The molecule has 0 aliphatic heterocycles. The smallest absolute Gasteiger partial charge is 0.324 e. The zero-order chi connectivity index (χ0) is 23.5. The third-order valence-electron chi connectivity index (χ3n) is 6.81. The van der Waals surface area contributed by atoms with Crippen molar-refractivity contribution in [2.75, 3.05) is 5.32 Å². The quantitative estimate of drug-likeness (QED) is 0.485. The van der Waals surface area contributed by atoms with Crippen LogP contribution in [0.25, 0.3) is 15.9 Å². The molecule has 1 aliphatic carbocycles. The Kier molecular flexibility index (Phi) is 5.16. The number of nitrogens with one attached hydrogen (secondary N) is 1. The van der Waals surface area contributed by atoms with E-state index in [9.17, 15) is 9.59 Å². The highest BCUT2D eigenvalue weighted by Crippen LogP contribution is 2.43. The van der Waals surface area contributed by atoms with Gasteiger partial charge >= 0.3 is 5.69 Å². The molecule has 5 rings (SSSR count). The third-order valence-corrected chi connectivity index (χ3v) is 7.97. The van der Waals surface area contributed by atoms with Crippen molar-refractivity contribution in [3.8, 4) is 0 Å². The lowest BCUT2D eigenvalue weighted by Crippen LogP contribution is -2.28. The number of hydrogen-bond donors (Lipinski definition) is 1. The van der Waals surface area contributed by atoms with Crippen LogP contribution in [0.3, 0.4) is 0 Å². The predicted molar refractivity (Wildman–Crippen MR) is 132 cm³/mol. The average Bonchev–Trinajstić information content (AvgIpc) is 3.26. The fraction of sp³-hybridized carbons (Fsp3) is 0.440. The number of amides is 1. The van der Waals surface area contributed by atoms with Crippen molar-refractivity contribution in [1.82, 2.24) is 19.2 Å². The number of anilines is 1. The van der Waals surface area contributed by atoms with Gasteiger partial charge in [-0.25, -0.2) is 18.9 Å². The second kappa shape index (κ2) is 7.80. The first kappa shape index (κ1) is 21.8. The third kappa shape index (κ3) is 3.86. The molecule has 3 aromatic heterocycles. The summed E-state index contributed by atoms with van der Waals surface area (Å²) < 4.78 is 2.70. The van der Waals surface area contributed by atoms with Crippen molar-refractivity contribution >= 4 is 38.8 Å². The largest absolute Gasteiger partial charge is 0.352 e. The van der Waals surface area contributed by atoms with E-state index in [0.717, 1.165) is 46.3 Å². The van der Waals surface area contributed by atoms with Crippen LogP contribution in [0.2, 0.25) is 0 Å². The molecule has 8 heteroatoms. The van der Waals surface area contributed by atoms with Gasteiger partial charge in [-0.3, -0.25) is 4.79 Å². The van der Waals surface area contributed by atoms with E-state index in [0.29, 0.717) is 11.6 Å². The highest BCUT2D eigenvalue weighted by Gasteiger charge is 2.32. The summed E-state index contributed by atoms with van der Waals surface area (Å²) in [4.78, 5) is 32.5. The van der Waals surface area contributed by atoms with Crippen LogP contribution in [0.5, 0.6) is 0 Å². The van der Waals surface area contributed by atoms with E-state index < -0.39 is 0 Å². The van der Waals surface area contributed by atoms with Crippen molar-refractivity contribution in [2.24, 2.45) is 11.3 Å². The molecule has 0 spiro atoms. The van der Waals surface area contributed by atoms with Crippen LogP contribution in [0.4, 0.5) is 5.69 Å². The Bertz CT molecular complexity index is 1450. The maximum atomic E-state index is 13.0. The molecule has 0 fully saturated rings. The van der Waals surface area contributed by atoms with Gasteiger partial charge in [0.25, 0.3) is 0 Å². The van der Waals surface area contributed by atoms with Gasteiger partial charge in [-0.05, 0) is 61.6 Å². The number of carbonyl (C=O) groups is 1. The molecule has 7 nitrogen and oxygen atoms in total. The Morgan fingerprint density at radius 3 is 2.79 bits per heavy atom. The van der Waals surface area contributed by atoms with Crippen LogP contribution in [-0.4, -0.2) is 25.1 Å². The minimum atomic E-state index is -0.349. The van der Waals surface area contributed by atoms with E-state index >= 15 is 0 Å². The molecule has 1 aromatic carbocycles. The topological polar surface area (TPSA) is 81.3 Å². The van der Waals surface area contributed by atoms with Crippen LogP contribution in [0, 0.1) is 25.2 Å². The van der Waals surface area contributed by atoms with Gasteiger partial charge in [0, 0.05) is 10.6 Å². The number of carbonyl (C=O) groups excluding carboxylic acids is 1. The minimum Gasteiger partial charge on any atom is -0.324 e. The summed E-state index contributed by atoms with van der Waals surface area (Å²) >= 11 is 1.71. The molecule has 0 bridgehead atoms. The normalized spacial score (nSPS) is 16.3. The molecule has 4 aromatic rings. The maximum absolute atomic E-state index is 13.0. The molecule has 0 radical (unpaired) electrons. The first-order valence-corrected chi connectivity index (χ1v) is 12.2. The van der Waals surface area contributed by atoms with Crippen molar-refractivity contribution in [2.45, 2.75) is 60.4 Å². The second-order valence-corrected chi connectivity index (χ2v) is 11.3. The van der Waals surface area contributed by atoms with Crippen LogP contribution in [0.15, 0.2) is 29.3 Å². The van der Waals surface area contributed by atoms with E-state index in [1.54, 1.807) is 11.3 Å². The van der Waals surface area contributed by atoms with Gasteiger partial charge in [-0.15, -0.1) is 16.4 Å². The van der Waals surface area contributed by atoms with E-state index in [1.165, 1.54) is 25.9 Å². The van der Waals surface area contributed by atoms with Gasteiger partial charge in [0.2, 0.25) is 5.91 Å². The molecule has 33 heavy (non-hydrogen) atoms. The maximum Gasteiger partial charge on any atom is 0.352 e. The monoisotopic (exact) mass is 463 g/mol. The number of benzene rings is 1. The number of aryl methyl sites for hydroxylation is 3. The Labute approximate surface area is 196 Å². The summed E-state index contributed by atoms with van der Waals surface area (Å²) in [5.41, 5.74) is 4.63. The lowest BCUT2D eigenvalue weighted by molar-refractivity contribution is -0.117. The average molecular weight is 464 g/mol. The molecule has 1 atom stereocenters. The predicted octanol–water partition coefficient (Wildman–Crippen LogP) is 4.51. The summed E-state index contributed by atoms with van der Waals surface area (Å²) in [6.45, 7) is 10.7. The molecule has 0 saturated carbocycles. The first-order chi connectivity index (χ1) is 15.6. The zero-order valence-electron chi connectivity index (χ0n) is 19.7. The number of thiophene rings is 1. The van der Waals surface area contributed by atoms with E-state index in [4.69, 9.17) is 0 Å². The van der Waals surface area contributed by atoms with Gasteiger partial charge in [-0.1, -0.05) is 38.5 Å². The van der Waals surface area contributed by atoms with Crippen molar-refractivity contribution in [3.63, 3.8) is 0 Å². The molecule has 172 valence electrons. The Morgan fingerprint density at radius 2 is 2.06 bits per heavy atom. The molecular formula is C25H29N5O2S. The van der Waals surface area contributed by atoms with Crippen LogP contribution in [0.1, 0.15) is 48.8 Å². The summed E-state index contributed by atoms with van der Waals surface area (Å²) in [6.07, 6.45) is 4.66. The Balaban J connectivity index is 1.48. The van der Waals surface area contributed by atoms with E-state index in [2.05, 4.69) is 36.2 Å².